The van der Waals surface area contributed by atoms with Crippen molar-refractivity contribution in [3.63, 3.8) is 0 Å². The first-order chi connectivity index (χ1) is 5.41. The van der Waals surface area contributed by atoms with Crippen molar-refractivity contribution < 1.29 is 64.4 Å². The van der Waals surface area contributed by atoms with E-state index in [9.17, 15) is 13.0 Å². The fourth-order valence-electron chi connectivity index (χ4n) is 1.76. The van der Waals surface area contributed by atoms with Gasteiger partial charge in [-0.25, -0.2) is 8.42 Å². The number of hydrogen-bond acceptors (Lipinski definition) is 3. The maximum Gasteiger partial charge on any atom is 1.00 e. The van der Waals surface area contributed by atoms with E-state index in [0.29, 0.717) is 24.7 Å². The molecule has 0 radical (unpaired) electrons. The van der Waals surface area contributed by atoms with Crippen LogP contribution in [0.1, 0.15) is 33.1 Å². The molecule has 1 rings (SSSR count). The number of rotatable bonds is 1. The average Bonchev–Trinajstić information content (AvgIpc) is 1.92. The van der Waals surface area contributed by atoms with Gasteiger partial charge in [0, 0.05) is 5.25 Å². The predicted molar refractivity (Wildman–Crippen MR) is 45.7 cm³/mol. The SMILES string of the molecule is CC1CCC(S(=O)(=O)[O-])CC1C.[K+]. The van der Waals surface area contributed by atoms with E-state index in [0.717, 1.165) is 6.42 Å². The zero-order valence-electron chi connectivity index (χ0n) is 8.49. The van der Waals surface area contributed by atoms with E-state index in [-0.39, 0.29) is 51.4 Å². The van der Waals surface area contributed by atoms with Crippen LogP contribution in [-0.2, 0) is 10.1 Å². The van der Waals surface area contributed by atoms with Crippen molar-refractivity contribution in [2.24, 2.45) is 11.8 Å². The summed E-state index contributed by atoms with van der Waals surface area (Å²) in [5.41, 5.74) is 0. The van der Waals surface area contributed by atoms with E-state index < -0.39 is 15.4 Å². The van der Waals surface area contributed by atoms with Gasteiger partial charge in [0.2, 0.25) is 0 Å². The molecule has 3 atom stereocenters. The smallest absolute Gasteiger partial charge is 0.748 e. The molecular weight excluding hydrogens is 215 g/mol. The van der Waals surface area contributed by atoms with E-state index in [1.807, 2.05) is 6.92 Å². The van der Waals surface area contributed by atoms with Gasteiger partial charge in [0.1, 0.15) is 0 Å². The second-order valence-corrected chi connectivity index (χ2v) is 5.53. The van der Waals surface area contributed by atoms with Crippen LogP contribution in [0.5, 0.6) is 0 Å². The summed E-state index contributed by atoms with van der Waals surface area (Å²) in [6.07, 6.45) is 1.97. The van der Waals surface area contributed by atoms with Crippen LogP contribution < -0.4 is 51.4 Å². The van der Waals surface area contributed by atoms with Gasteiger partial charge >= 0.3 is 51.4 Å². The van der Waals surface area contributed by atoms with E-state index in [1.165, 1.54) is 0 Å². The van der Waals surface area contributed by atoms with Crippen LogP contribution in [0.25, 0.3) is 0 Å². The quantitative estimate of drug-likeness (QED) is 0.401. The van der Waals surface area contributed by atoms with Gasteiger partial charge in [0.25, 0.3) is 0 Å². The molecule has 0 amide bonds. The van der Waals surface area contributed by atoms with Gasteiger partial charge in [-0.3, -0.25) is 0 Å². The molecular formula is C8H15KO3S. The maximum absolute atomic E-state index is 10.7. The summed E-state index contributed by atoms with van der Waals surface area (Å²) in [4.78, 5) is 0. The molecule has 0 aromatic rings. The molecule has 0 aromatic heterocycles. The van der Waals surface area contributed by atoms with Crippen LogP contribution in [-0.4, -0.2) is 18.2 Å². The summed E-state index contributed by atoms with van der Waals surface area (Å²) in [5, 5.41) is -0.622. The molecule has 0 aromatic carbocycles. The first-order valence-corrected chi connectivity index (χ1v) is 5.83. The third-order valence-corrected chi connectivity index (χ3v) is 4.20. The molecule has 1 aliphatic rings. The van der Waals surface area contributed by atoms with Crippen molar-refractivity contribution in [2.45, 2.75) is 38.4 Å². The predicted octanol–water partition coefficient (Wildman–Crippen LogP) is -1.64. The largest absolute Gasteiger partial charge is 1.00 e. The minimum absolute atomic E-state index is 0. The summed E-state index contributed by atoms with van der Waals surface area (Å²) in [6, 6.07) is 0. The first kappa shape index (κ1) is 14.5. The van der Waals surface area contributed by atoms with Crippen molar-refractivity contribution in [1.29, 1.82) is 0 Å². The number of hydrogen-bond donors (Lipinski definition) is 0. The summed E-state index contributed by atoms with van der Waals surface area (Å²) >= 11 is 0. The van der Waals surface area contributed by atoms with E-state index in [2.05, 4.69) is 6.92 Å². The zero-order valence-corrected chi connectivity index (χ0v) is 12.4. The van der Waals surface area contributed by atoms with Crippen LogP contribution in [0.15, 0.2) is 0 Å². The Balaban J connectivity index is 0.00000144. The summed E-state index contributed by atoms with van der Waals surface area (Å²) in [7, 11) is -4.03. The molecule has 3 unspecified atom stereocenters. The summed E-state index contributed by atoms with van der Waals surface area (Å²) < 4.78 is 32.0. The van der Waals surface area contributed by atoms with Gasteiger partial charge in [-0.15, -0.1) is 0 Å². The van der Waals surface area contributed by atoms with Gasteiger partial charge in [0.15, 0.2) is 0 Å². The Morgan fingerprint density at radius 3 is 2.08 bits per heavy atom. The van der Waals surface area contributed by atoms with E-state index >= 15 is 0 Å². The van der Waals surface area contributed by atoms with E-state index in [1.54, 1.807) is 0 Å². The van der Waals surface area contributed by atoms with Crippen LogP contribution in [0.4, 0.5) is 0 Å². The monoisotopic (exact) mass is 230 g/mol. The maximum atomic E-state index is 10.7. The first-order valence-electron chi connectivity index (χ1n) is 4.36. The molecule has 5 heteroatoms. The molecule has 1 fully saturated rings. The Morgan fingerprint density at radius 2 is 1.69 bits per heavy atom. The second-order valence-electron chi connectivity index (χ2n) is 3.88. The van der Waals surface area contributed by atoms with Gasteiger partial charge < -0.3 is 4.55 Å². The van der Waals surface area contributed by atoms with Crippen LogP contribution in [0.2, 0.25) is 0 Å². The fraction of sp³-hybridized carbons (Fsp3) is 1.00. The molecule has 0 saturated heterocycles. The van der Waals surface area contributed by atoms with Crippen molar-refractivity contribution in [3.05, 3.63) is 0 Å². The fourth-order valence-corrected chi connectivity index (χ4v) is 2.72. The Morgan fingerprint density at radius 1 is 1.15 bits per heavy atom. The Kier molecular flexibility index (Phi) is 6.25. The molecule has 72 valence electrons. The van der Waals surface area contributed by atoms with Crippen molar-refractivity contribution >= 4 is 10.1 Å². The summed E-state index contributed by atoms with van der Waals surface area (Å²) in [6.45, 7) is 4.13. The van der Waals surface area contributed by atoms with Gasteiger partial charge in [0.05, 0.1) is 10.1 Å². The van der Waals surface area contributed by atoms with Crippen molar-refractivity contribution in [3.8, 4) is 0 Å². The minimum atomic E-state index is -4.03. The normalized spacial score (nSPS) is 35.2. The van der Waals surface area contributed by atoms with Gasteiger partial charge in [-0.2, -0.15) is 0 Å². The minimum Gasteiger partial charge on any atom is -0.748 e. The molecule has 1 aliphatic carbocycles. The molecule has 0 spiro atoms. The molecule has 0 N–H and O–H groups in total. The molecule has 3 nitrogen and oxygen atoms in total. The van der Waals surface area contributed by atoms with Crippen molar-refractivity contribution in [1.82, 2.24) is 0 Å². The Hall–Kier alpha value is 1.55. The van der Waals surface area contributed by atoms with E-state index in [4.69, 9.17) is 0 Å². The van der Waals surface area contributed by atoms with Crippen molar-refractivity contribution in [2.75, 3.05) is 0 Å². The molecule has 0 aliphatic heterocycles. The molecule has 0 bridgehead atoms. The van der Waals surface area contributed by atoms with Crippen LogP contribution in [0.3, 0.4) is 0 Å². The average molecular weight is 230 g/mol. The Bertz CT molecular complexity index is 250. The Labute approximate surface area is 123 Å². The third-order valence-electron chi connectivity index (χ3n) is 2.96. The molecule has 13 heavy (non-hydrogen) atoms. The standard InChI is InChI=1S/C8H16O3S.K/c1-6-3-4-8(5-7(6)2)12(9,10)11;/h6-8H,3-5H2,1-2H3,(H,9,10,11);/q;+1/p-1. The third kappa shape index (κ3) is 4.28. The second kappa shape index (κ2) is 5.58. The van der Waals surface area contributed by atoms with Crippen LogP contribution in [0, 0.1) is 11.8 Å². The molecule has 0 heterocycles. The molecule has 1 saturated carbocycles. The zero-order chi connectivity index (χ0) is 9.35. The van der Waals surface area contributed by atoms with Gasteiger partial charge in [-0.1, -0.05) is 13.8 Å². The topological polar surface area (TPSA) is 57.2 Å². The van der Waals surface area contributed by atoms with Crippen LogP contribution >= 0.6 is 0 Å². The summed E-state index contributed by atoms with van der Waals surface area (Å²) in [5.74, 6) is 0.926. The van der Waals surface area contributed by atoms with Gasteiger partial charge in [-0.05, 0) is 31.1 Å².